The number of carbonyl (C=O) groups is 2. The first kappa shape index (κ1) is 23.2. The number of hydrogen-bond acceptors (Lipinski definition) is 6. The maximum Gasteiger partial charge on any atom is 0.252 e. The van der Waals surface area contributed by atoms with Crippen molar-refractivity contribution < 1.29 is 23.8 Å². The number of anilines is 1. The number of hydrogen-bond donors (Lipinski definition) is 2. The van der Waals surface area contributed by atoms with Gasteiger partial charge in [0.15, 0.2) is 11.5 Å². The zero-order valence-electron chi connectivity index (χ0n) is 20.1. The van der Waals surface area contributed by atoms with Crippen molar-refractivity contribution in [2.45, 2.75) is 25.8 Å². The molecule has 1 aromatic heterocycles. The molecule has 9 nitrogen and oxygen atoms in total. The van der Waals surface area contributed by atoms with Gasteiger partial charge in [-0.3, -0.25) is 14.3 Å². The van der Waals surface area contributed by atoms with Crippen molar-refractivity contribution in [3.63, 3.8) is 0 Å². The van der Waals surface area contributed by atoms with E-state index in [1.54, 1.807) is 23.9 Å². The van der Waals surface area contributed by atoms with Gasteiger partial charge in [-0.1, -0.05) is 29.8 Å². The number of aromatic nitrogens is 2. The number of nitrogens with zero attached hydrogens (tertiary/aromatic N) is 2. The highest BCUT2D eigenvalue weighted by Crippen LogP contribution is 2.40. The molecule has 9 heteroatoms. The molecule has 1 aliphatic rings. The van der Waals surface area contributed by atoms with Crippen LogP contribution in [0.2, 0.25) is 0 Å². The molecule has 0 bridgehead atoms. The largest absolute Gasteiger partial charge is 0.493 e. The van der Waals surface area contributed by atoms with E-state index >= 15 is 0 Å². The second-order valence-corrected chi connectivity index (χ2v) is 8.21. The topological polar surface area (TPSA) is 104 Å². The summed E-state index contributed by atoms with van der Waals surface area (Å²) in [5, 5.41) is 10.3. The van der Waals surface area contributed by atoms with Gasteiger partial charge in [0, 0.05) is 24.1 Å². The normalized spacial score (nSPS) is 16.9. The molecule has 0 spiro atoms. The summed E-state index contributed by atoms with van der Waals surface area (Å²) in [5.74, 6) is 0.532. The minimum Gasteiger partial charge on any atom is -0.493 e. The van der Waals surface area contributed by atoms with Crippen LogP contribution >= 0.6 is 0 Å². The van der Waals surface area contributed by atoms with Crippen molar-refractivity contribution in [2.24, 2.45) is 7.05 Å². The Labute approximate surface area is 198 Å². The van der Waals surface area contributed by atoms with Crippen LogP contribution in [0, 0.1) is 13.8 Å². The van der Waals surface area contributed by atoms with Crippen molar-refractivity contribution in [3.05, 3.63) is 64.3 Å². The summed E-state index contributed by atoms with van der Waals surface area (Å²) < 4.78 is 17.7. The number of carbonyl (C=O) groups excluding carboxylic acids is 2. The van der Waals surface area contributed by atoms with E-state index in [-0.39, 0.29) is 11.5 Å². The highest BCUT2D eigenvalue weighted by atomic mass is 16.5. The van der Waals surface area contributed by atoms with Gasteiger partial charge in [0.25, 0.3) is 5.91 Å². The molecule has 2 aromatic carbocycles. The fourth-order valence-corrected chi connectivity index (χ4v) is 4.43. The number of amides is 2. The molecule has 2 atom stereocenters. The Kier molecular flexibility index (Phi) is 6.19. The van der Waals surface area contributed by atoms with Crippen molar-refractivity contribution in [3.8, 4) is 17.2 Å². The molecular formula is C25H28N4O5. The first-order valence-corrected chi connectivity index (χ1v) is 10.8. The molecule has 0 aliphatic carbocycles. The Morgan fingerprint density at radius 2 is 1.65 bits per heavy atom. The Balaban J connectivity index is 1.77. The zero-order valence-corrected chi connectivity index (χ0v) is 20.1. The summed E-state index contributed by atoms with van der Waals surface area (Å²) in [7, 11) is 6.24. The molecule has 2 amide bonds. The number of rotatable bonds is 6. The summed E-state index contributed by atoms with van der Waals surface area (Å²) in [6.07, 6.45) is 0. The van der Waals surface area contributed by atoms with Crippen LogP contribution in [-0.4, -0.2) is 49.0 Å². The number of benzene rings is 2. The van der Waals surface area contributed by atoms with Crippen LogP contribution in [0.4, 0.5) is 5.82 Å². The molecule has 2 heterocycles. The van der Waals surface area contributed by atoms with Crippen LogP contribution in [0.1, 0.15) is 38.7 Å². The lowest BCUT2D eigenvalue weighted by atomic mass is 9.81. The Morgan fingerprint density at radius 3 is 2.21 bits per heavy atom. The van der Waals surface area contributed by atoms with Gasteiger partial charge >= 0.3 is 0 Å². The highest BCUT2D eigenvalue weighted by molar-refractivity contribution is 6.04. The minimum atomic E-state index is -0.857. The molecule has 0 fully saturated rings. The Hall–Kier alpha value is -4.01. The Morgan fingerprint density at radius 1 is 1.03 bits per heavy atom. The smallest absolute Gasteiger partial charge is 0.252 e. The second kappa shape index (κ2) is 9.09. The van der Waals surface area contributed by atoms with Crippen molar-refractivity contribution in [2.75, 3.05) is 26.6 Å². The number of fused-ring (bicyclic) bond motifs is 1. The lowest BCUT2D eigenvalue weighted by molar-refractivity contribution is -0.118. The maximum absolute atomic E-state index is 13.4. The van der Waals surface area contributed by atoms with Gasteiger partial charge in [-0.15, -0.1) is 0 Å². The van der Waals surface area contributed by atoms with Crippen molar-refractivity contribution in [1.82, 2.24) is 15.1 Å². The first-order valence-electron chi connectivity index (χ1n) is 10.8. The minimum absolute atomic E-state index is 0.277. The molecule has 0 saturated heterocycles. The first-order chi connectivity index (χ1) is 16.3. The van der Waals surface area contributed by atoms with E-state index in [9.17, 15) is 9.59 Å². The number of aryl methyl sites for hydroxylation is 3. The fraction of sp³-hybridized carbons (Fsp3) is 0.320. The van der Waals surface area contributed by atoms with Gasteiger partial charge in [-0.25, -0.2) is 0 Å². The van der Waals surface area contributed by atoms with Crippen molar-refractivity contribution in [1.29, 1.82) is 0 Å². The van der Waals surface area contributed by atoms with Crippen LogP contribution < -0.4 is 24.8 Å². The van der Waals surface area contributed by atoms with E-state index in [0.717, 1.165) is 22.4 Å². The zero-order chi connectivity index (χ0) is 24.6. The molecule has 0 radical (unpaired) electrons. The van der Waals surface area contributed by atoms with Crippen LogP contribution in [-0.2, 0) is 11.8 Å². The molecule has 3 aromatic rings. The molecule has 1 aliphatic heterocycles. The van der Waals surface area contributed by atoms with Gasteiger partial charge in [0.2, 0.25) is 11.7 Å². The third kappa shape index (κ3) is 3.93. The molecule has 0 saturated carbocycles. The van der Waals surface area contributed by atoms with Crippen molar-refractivity contribution >= 4 is 17.6 Å². The van der Waals surface area contributed by atoms with Crippen LogP contribution in [0.15, 0.2) is 36.4 Å². The van der Waals surface area contributed by atoms with Crippen LogP contribution in [0.25, 0.3) is 0 Å². The van der Waals surface area contributed by atoms with Crippen LogP contribution in [0.3, 0.4) is 0 Å². The average Bonchev–Trinajstić information content (AvgIpc) is 3.11. The van der Waals surface area contributed by atoms with Gasteiger partial charge in [-0.2, -0.15) is 5.10 Å². The second-order valence-electron chi connectivity index (χ2n) is 8.21. The van der Waals surface area contributed by atoms with Gasteiger partial charge in [0.1, 0.15) is 11.9 Å². The van der Waals surface area contributed by atoms with Gasteiger partial charge in [0.05, 0.1) is 27.0 Å². The van der Waals surface area contributed by atoms with E-state index in [4.69, 9.17) is 14.2 Å². The van der Waals surface area contributed by atoms with Crippen LogP contribution in [0.5, 0.6) is 17.2 Å². The Bertz CT molecular complexity index is 1220. The van der Waals surface area contributed by atoms with E-state index in [0.29, 0.717) is 23.1 Å². The third-order valence-corrected chi connectivity index (χ3v) is 6.09. The summed E-state index contributed by atoms with van der Waals surface area (Å²) in [6.45, 7) is 3.90. The average molecular weight is 465 g/mol. The molecule has 34 heavy (non-hydrogen) atoms. The molecular weight excluding hydrogens is 436 g/mol. The summed E-state index contributed by atoms with van der Waals surface area (Å²) >= 11 is 0. The van der Waals surface area contributed by atoms with E-state index in [1.807, 2.05) is 38.1 Å². The molecule has 4 rings (SSSR count). The lowest BCUT2D eigenvalue weighted by Crippen LogP contribution is -2.50. The summed E-state index contributed by atoms with van der Waals surface area (Å²) in [6, 6.07) is 10.2. The summed E-state index contributed by atoms with van der Waals surface area (Å²) in [5.41, 5.74) is 3.95. The lowest BCUT2D eigenvalue weighted by Gasteiger charge is -2.32. The van der Waals surface area contributed by atoms with E-state index in [1.165, 1.54) is 21.3 Å². The van der Waals surface area contributed by atoms with E-state index in [2.05, 4.69) is 15.7 Å². The molecule has 0 unspecified atom stereocenters. The maximum atomic E-state index is 13.4. The quantitative estimate of drug-likeness (QED) is 0.581. The highest BCUT2D eigenvalue weighted by Gasteiger charge is 2.41. The van der Waals surface area contributed by atoms with E-state index < -0.39 is 17.9 Å². The number of methoxy groups -OCH3 is 3. The van der Waals surface area contributed by atoms with Gasteiger partial charge in [-0.05, 0) is 31.5 Å². The number of nitrogens with one attached hydrogen (secondary N) is 2. The number of ether oxygens (including phenoxy) is 3. The fourth-order valence-electron chi connectivity index (χ4n) is 4.43. The predicted molar refractivity (Wildman–Crippen MR) is 127 cm³/mol. The van der Waals surface area contributed by atoms with Gasteiger partial charge < -0.3 is 24.8 Å². The molecule has 2 N–H and O–H groups in total. The SMILES string of the molecule is COc1cc(C(=O)N[C@H]2C(=O)Nc3c(c(C)nn3C)[C@@H]2c2ccc(C)cc2)cc(OC)c1OC. The monoisotopic (exact) mass is 464 g/mol. The predicted octanol–water partition coefficient (Wildman–Crippen LogP) is 2.95. The third-order valence-electron chi connectivity index (χ3n) is 6.09. The summed E-state index contributed by atoms with van der Waals surface area (Å²) in [4.78, 5) is 26.6. The standard InChI is InChI=1S/C25H28N4O5/c1-13-7-9-15(10-8-13)20-19-14(2)28-29(3)23(19)27-25(31)21(20)26-24(30)16-11-17(32-4)22(34-6)18(12-16)33-5/h7-12,20-21H,1-6H3,(H,26,30)(H,27,31)/t20-,21+/m0/s1. The molecule has 178 valence electrons.